The standard InChI is InChI=1S/C15H23NO/c1-2-13-5-7-15(8-6-13)17-11-9-14-4-3-10-16-12-14/h5-8,14,16H,2-4,9-12H2,1H3/t14-/m0/s1. The van der Waals surface area contributed by atoms with Crippen molar-refractivity contribution in [1.82, 2.24) is 5.32 Å². The number of nitrogens with one attached hydrogen (secondary N) is 1. The maximum Gasteiger partial charge on any atom is 0.119 e. The molecule has 2 rings (SSSR count). The quantitative estimate of drug-likeness (QED) is 0.844. The van der Waals surface area contributed by atoms with E-state index in [4.69, 9.17) is 4.74 Å². The van der Waals surface area contributed by atoms with E-state index in [1.165, 1.54) is 31.4 Å². The predicted octanol–water partition coefficient (Wildman–Crippen LogP) is 3.02. The lowest BCUT2D eigenvalue weighted by atomic mass is 9.97. The van der Waals surface area contributed by atoms with Gasteiger partial charge in [0.15, 0.2) is 0 Å². The second kappa shape index (κ2) is 6.65. The molecule has 0 aromatic heterocycles. The zero-order valence-corrected chi connectivity index (χ0v) is 10.7. The first kappa shape index (κ1) is 12.4. The van der Waals surface area contributed by atoms with E-state index in [1.54, 1.807) is 0 Å². The van der Waals surface area contributed by atoms with Crippen molar-refractivity contribution in [1.29, 1.82) is 0 Å². The van der Waals surface area contributed by atoms with Crippen molar-refractivity contribution in [3.05, 3.63) is 29.8 Å². The van der Waals surface area contributed by atoms with Gasteiger partial charge in [0.2, 0.25) is 0 Å². The molecule has 94 valence electrons. The van der Waals surface area contributed by atoms with E-state index >= 15 is 0 Å². The summed E-state index contributed by atoms with van der Waals surface area (Å²) >= 11 is 0. The van der Waals surface area contributed by atoms with Crippen molar-refractivity contribution < 1.29 is 4.74 Å². The van der Waals surface area contributed by atoms with Gasteiger partial charge in [0.25, 0.3) is 0 Å². The van der Waals surface area contributed by atoms with E-state index < -0.39 is 0 Å². The lowest BCUT2D eigenvalue weighted by Crippen LogP contribution is -2.30. The maximum atomic E-state index is 5.78. The maximum absolute atomic E-state index is 5.78. The minimum Gasteiger partial charge on any atom is -0.494 e. The molecule has 1 aromatic rings. The van der Waals surface area contributed by atoms with Crippen LogP contribution in [0, 0.1) is 5.92 Å². The number of aryl methyl sites for hydroxylation is 1. The minimum atomic E-state index is 0.804. The second-order valence-corrected chi connectivity index (χ2v) is 4.85. The fraction of sp³-hybridized carbons (Fsp3) is 0.600. The molecule has 2 nitrogen and oxygen atoms in total. The van der Waals surface area contributed by atoms with Crippen LogP contribution in [-0.4, -0.2) is 19.7 Å². The van der Waals surface area contributed by atoms with Crippen molar-refractivity contribution in [2.24, 2.45) is 5.92 Å². The highest BCUT2D eigenvalue weighted by molar-refractivity contribution is 5.27. The molecule has 0 radical (unpaired) electrons. The lowest BCUT2D eigenvalue weighted by Gasteiger charge is -2.22. The first-order valence-electron chi connectivity index (χ1n) is 6.81. The molecular weight excluding hydrogens is 210 g/mol. The Balaban J connectivity index is 1.69. The number of ether oxygens (including phenoxy) is 1. The van der Waals surface area contributed by atoms with Crippen molar-refractivity contribution in [2.75, 3.05) is 19.7 Å². The van der Waals surface area contributed by atoms with Gasteiger partial charge in [-0.1, -0.05) is 19.1 Å². The average molecular weight is 233 g/mol. The van der Waals surface area contributed by atoms with Gasteiger partial charge in [0, 0.05) is 0 Å². The van der Waals surface area contributed by atoms with Crippen LogP contribution in [0.1, 0.15) is 31.7 Å². The molecule has 1 fully saturated rings. The summed E-state index contributed by atoms with van der Waals surface area (Å²) in [5, 5.41) is 3.44. The molecule has 1 N–H and O–H groups in total. The monoisotopic (exact) mass is 233 g/mol. The average Bonchev–Trinajstić information content (AvgIpc) is 2.41. The van der Waals surface area contributed by atoms with Gasteiger partial charge in [0.05, 0.1) is 6.61 Å². The molecule has 2 heteroatoms. The van der Waals surface area contributed by atoms with Crippen LogP contribution in [0.5, 0.6) is 5.75 Å². The number of hydrogen-bond donors (Lipinski definition) is 1. The van der Waals surface area contributed by atoms with Gasteiger partial charge in [-0.25, -0.2) is 0 Å². The summed E-state index contributed by atoms with van der Waals surface area (Å²) in [6.07, 6.45) is 4.93. The second-order valence-electron chi connectivity index (χ2n) is 4.85. The summed E-state index contributed by atoms with van der Waals surface area (Å²) in [5.74, 6) is 1.81. The van der Waals surface area contributed by atoms with Gasteiger partial charge in [-0.15, -0.1) is 0 Å². The molecule has 1 aromatic carbocycles. The zero-order chi connectivity index (χ0) is 11.9. The zero-order valence-electron chi connectivity index (χ0n) is 10.7. The summed E-state index contributed by atoms with van der Waals surface area (Å²) in [4.78, 5) is 0. The van der Waals surface area contributed by atoms with Crippen molar-refractivity contribution in [2.45, 2.75) is 32.6 Å². The topological polar surface area (TPSA) is 21.3 Å². The molecule has 1 heterocycles. The summed E-state index contributed by atoms with van der Waals surface area (Å²) in [6, 6.07) is 8.46. The van der Waals surface area contributed by atoms with Crippen LogP contribution in [0.15, 0.2) is 24.3 Å². The third-order valence-electron chi connectivity index (χ3n) is 3.53. The molecule has 0 bridgehead atoms. The van der Waals surface area contributed by atoms with Gasteiger partial charge in [-0.2, -0.15) is 0 Å². The van der Waals surface area contributed by atoms with Gasteiger partial charge in [0.1, 0.15) is 5.75 Å². The van der Waals surface area contributed by atoms with E-state index in [1.807, 2.05) is 0 Å². The molecule has 0 amide bonds. The molecule has 0 aliphatic carbocycles. The first-order valence-corrected chi connectivity index (χ1v) is 6.81. The fourth-order valence-corrected chi connectivity index (χ4v) is 2.34. The Hall–Kier alpha value is -1.02. The Kier molecular flexibility index (Phi) is 4.87. The van der Waals surface area contributed by atoms with Crippen LogP contribution in [0.25, 0.3) is 0 Å². The Morgan fingerprint density at radius 2 is 2.12 bits per heavy atom. The van der Waals surface area contributed by atoms with Gasteiger partial charge < -0.3 is 10.1 Å². The Morgan fingerprint density at radius 1 is 1.29 bits per heavy atom. The molecule has 1 aliphatic rings. The highest BCUT2D eigenvalue weighted by Crippen LogP contribution is 2.16. The third kappa shape index (κ3) is 4.04. The van der Waals surface area contributed by atoms with Gasteiger partial charge >= 0.3 is 0 Å². The summed E-state index contributed by atoms with van der Waals surface area (Å²) in [7, 11) is 0. The Labute approximate surface area is 104 Å². The van der Waals surface area contributed by atoms with Crippen molar-refractivity contribution in [3.63, 3.8) is 0 Å². The fourth-order valence-electron chi connectivity index (χ4n) is 2.34. The molecule has 1 atom stereocenters. The molecule has 1 saturated heterocycles. The number of rotatable bonds is 5. The third-order valence-corrected chi connectivity index (χ3v) is 3.53. The van der Waals surface area contributed by atoms with E-state index in [9.17, 15) is 0 Å². The van der Waals surface area contributed by atoms with Gasteiger partial charge in [-0.05, 0) is 62.4 Å². The van der Waals surface area contributed by atoms with Crippen molar-refractivity contribution >= 4 is 0 Å². The van der Waals surface area contributed by atoms with Crippen LogP contribution in [-0.2, 0) is 6.42 Å². The molecule has 0 unspecified atom stereocenters. The highest BCUT2D eigenvalue weighted by atomic mass is 16.5. The van der Waals surface area contributed by atoms with Crippen LogP contribution >= 0.6 is 0 Å². The smallest absolute Gasteiger partial charge is 0.119 e. The van der Waals surface area contributed by atoms with E-state index in [0.717, 1.165) is 31.2 Å². The molecular formula is C15H23NO. The Bertz CT molecular complexity index is 314. The summed E-state index contributed by atoms with van der Waals surface area (Å²) < 4.78 is 5.78. The first-order chi connectivity index (χ1) is 8.38. The summed E-state index contributed by atoms with van der Waals surface area (Å²) in [6.45, 7) is 5.37. The number of benzene rings is 1. The van der Waals surface area contributed by atoms with Crippen LogP contribution in [0.3, 0.4) is 0 Å². The van der Waals surface area contributed by atoms with Gasteiger partial charge in [-0.3, -0.25) is 0 Å². The number of hydrogen-bond acceptors (Lipinski definition) is 2. The largest absolute Gasteiger partial charge is 0.494 e. The lowest BCUT2D eigenvalue weighted by molar-refractivity contribution is 0.254. The SMILES string of the molecule is CCc1ccc(OCC[C@@H]2CCCNC2)cc1. The van der Waals surface area contributed by atoms with Crippen LogP contribution in [0.2, 0.25) is 0 Å². The van der Waals surface area contributed by atoms with E-state index in [2.05, 4.69) is 36.5 Å². The molecule has 1 aliphatic heterocycles. The van der Waals surface area contributed by atoms with Crippen LogP contribution < -0.4 is 10.1 Å². The predicted molar refractivity (Wildman–Crippen MR) is 71.5 cm³/mol. The van der Waals surface area contributed by atoms with Crippen molar-refractivity contribution in [3.8, 4) is 5.75 Å². The number of piperidine rings is 1. The Morgan fingerprint density at radius 3 is 2.76 bits per heavy atom. The minimum absolute atomic E-state index is 0.804. The highest BCUT2D eigenvalue weighted by Gasteiger charge is 2.12. The van der Waals surface area contributed by atoms with E-state index in [-0.39, 0.29) is 0 Å². The molecule has 17 heavy (non-hydrogen) atoms. The molecule has 0 saturated carbocycles. The summed E-state index contributed by atoms with van der Waals surface area (Å²) in [5.41, 5.74) is 1.37. The van der Waals surface area contributed by atoms with E-state index in [0.29, 0.717) is 0 Å². The normalized spacial score (nSPS) is 20.2. The molecule has 0 spiro atoms. The van der Waals surface area contributed by atoms with Crippen LogP contribution in [0.4, 0.5) is 0 Å².